The number of H-pyrrole nitrogens is 1. The highest BCUT2D eigenvalue weighted by molar-refractivity contribution is 5.55. The molecule has 0 saturated carbocycles. The van der Waals surface area contributed by atoms with Crippen LogP contribution in [0.1, 0.15) is 0 Å². The van der Waals surface area contributed by atoms with Crippen LogP contribution in [-0.2, 0) is 0 Å². The fraction of sp³-hybridized carbons (Fsp3) is 0. The van der Waals surface area contributed by atoms with Gasteiger partial charge in [0, 0.05) is 0 Å². The van der Waals surface area contributed by atoms with Crippen molar-refractivity contribution in [3.8, 4) is 0 Å². The summed E-state index contributed by atoms with van der Waals surface area (Å²) >= 11 is 0. The zero-order valence-electron chi connectivity index (χ0n) is 5.61. The van der Waals surface area contributed by atoms with Crippen LogP contribution >= 0.6 is 0 Å². The van der Waals surface area contributed by atoms with E-state index in [1.165, 1.54) is 10.8 Å². The summed E-state index contributed by atoms with van der Waals surface area (Å²) in [4.78, 5) is 13.5. The van der Waals surface area contributed by atoms with E-state index in [1.807, 2.05) is 0 Å². The van der Waals surface area contributed by atoms with Gasteiger partial charge in [0.2, 0.25) is 0 Å². The maximum Gasteiger partial charge on any atom is 0.275 e. The van der Waals surface area contributed by atoms with E-state index < -0.39 is 0 Å². The van der Waals surface area contributed by atoms with Crippen LogP contribution in [0.4, 0.5) is 5.69 Å². The third kappa shape index (κ3) is 0.778. The van der Waals surface area contributed by atoms with Crippen molar-refractivity contribution >= 4 is 11.2 Å². The van der Waals surface area contributed by atoms with Crippen LogP contribution in [0.5, 0.6) is 0 Å². The minimum Gasteiger partial charge on any atom is -0.397 e. The second-order valence-corrected chi connectivity index (χ2v) is 2.22. The second kappa shape index (κ2) is 1.85. The van der Waals surface area contributed by atoms with Crippen molar-refractivity contribution in [2.75, 3.05) is 5.73 Å². The lowest BCUT2D eigenvalue weighted by molar-refractivity contribution is 0.889. The van der Waals surface area contributed by atoms with E-state index in [2.05, 4.69) is 10.1 Å². The van der Waals surface area contributed by atoms with Gasteiger partial charge in [0.1, 0.15) is 11.8 Å². The number of hydrogen-bond donors (Lipinski definition) is 2. The smallest absolute Gasteiger partial charge is 0.275 e. The molecule has 56 valence electrons. The number of aromatic amines is 1. The molecule has 5 heteroatoms. The summed E-state index contributed by atoms with van der Waals surface area (Å²) in [5, 5.41) is 3.84. The molecule has 2 heterocycles. The molecule has 0 bridgehead atoms. The van der Waals surface area contributed by atoms with Crippen LogP contribution < -0.4 is 11.3 Å². The van der Waals surface area contributed by atoms with Crippen molar-refractivity contribution in [3.05, 3.63) is 28.9 Å². The van der Waals surface area contributed by atoms with Crippen molar-refractivity contribution in [2.45, 2.75) is 0 Å². The summed E-state index contributed by atoms with van der Waals surface area (Å²) in [6, 6.07) is 1.58. The van der Waals surface area contributed by atoms with Crippen LogP contribution in [0.15, 0.2) is 23.4 Å². The van der Waals surface area contributed by atoms with Crippen molar-refractivity contribution in [3.63, 3.8) is 0 Å². The van der Waals surface area contributed by atoms with E-state index >= 15 is 0 Å². The SMILES string of the molecule is Nc1cc2c(=O)[nH]cnn2c1. The summed E-state index contributed by atoms with van der Waals surface area (Å²) in [6.07, 6.45) is 2.92. The maximum atomic E-state index is 11.0. The average molecular weight is 150 g/mol. The Morgan fingerprint density at radius 2 is 2.45 bits per heavy atom. The monoisotopic (exact) mass is 150 g/mol. The lowest BCUT2D eigenvalue weighted by Crippen LogP contribution is -2.09. The van der Waals surface area contributed by atoms with Crippen LogP contribution in [-0.4, -0.2) is 14.6 Å². The molecule has 11 heavy (non-hydrogen) atoms. The first-order chi connectivity index (χ1) is 5.27. The van der Waals surface area contributed by atoms with Crippen LogP contribution in [0.2, 0.25) is 0 Å². The number of hydrogen-bond acceptors (Lipinski definition) is 3. The predicted octanol–water partition coefficient (Wildman–Crippen LogP) is -0.395. The molecule has 0 aliphatic carbocycles. The van der Waals surface area contributed by atoms with Gasteiger partial charge in [-0.05, 0) is 6.07 Å². The Labute approximate surface area is 61.5 Å². The summed E-state index contributed by atoms with van der Waals surface area (Å²) in [6.45, 7) is 0. The van der Waals surface area contributed by atoms with Gasteiger partial charge in [-0.15, -0.1) is 0 Å². The summed E-state index contributed by atoms with van der Waals surface area (Å²) in [5.74, 6) is 0. The molecule has 0 unspecified atom stereocenters. The molecule has 0 amide bonds. The van der Waals surface area contributed by atoms with E-state index in [4.69, 9.17) is 5.73 Å². The van der Waals surface area contributed by atoms with Gasteiger partial charge in [0.25, 0.3) is 5.56 Å². The normalized spacial score (nSPS) is 10.5. The Balaban J connectivity index is 3.02. The zero-order valence-corrected chi connectivity index (χ0v) is 5.61. The quantitative estimate of drug-likeness (QED) is 0.536. The first kappa shape index (κ1) is 5.96. The number of nitrogens with zero attached hydrogens (tertiary/aromatic N) is 2. The summed E-state index contributed by atoms with van der Waals surface area (Å²) in [5.41, 5.74) is 6.26. The fourth-order valence-corrected chi connectivity index (χ4v) is 0.961. The first-order valence-corrected chi connectivity index (χ1v) is 3.09. The van der Waals surface area contributed by atoms with Gasteiger partial charge < -0.3 is 10.7 Å². The van der Waals surface area contributed by atoms with Crippen molar-refractivity contribution in [2.24, 2.45) is 0 Å². The molecule has 0 aliphatic heterocycles. The largest absolute Gasteiger partial charge is 0.397 e. The summed E-state index contributed by atoms with van der Waals surface area (Å²) in [7, 11) is 0. The number of nitrogens with one attached hydrogen (secondary N) is 1. The van der Waals surface area contributed by atoms with Crippen LogP contribution in [0.25, 0.3) is 5.52 Å². The number of fused-ring (bicyclic) bond motifs is 1. The van der Waals surface area contributed by atoms with Crippen LogP contribution in [0, 0.1) is 0 Å². The Kier molecular flexibility index (Phi) is 1.00. The highest BCUT2D eigenvalue weighted by Crippen LogP contribution is 2.03. The van der Waals surface area contributed by atoms with Crippen molar-refractivity contribution in [1.82, 2.24) is 14.6 Å². The fourth-order valence-electron chi connectivity index (χ4n) is 0.961. The molecule has 3 N–H and O–H groups in total. The number of nitrogens with two attached hydrogens (primary N) is 1. The highest BCUT2D eigenvalue weighted by atomic mass is 16.1. The maximum absolute atomic E-state index is 11.0. The predicted molar refractivity (Wildman–Crippen MR) is 40.2 cm³/mol. The Morgan fingerprint density at radius 3 is 3.18 bits per heavy atom. The summed E-state index contributed by atoms with van der Waals surface area (Å²) < 4.78 is 1.44. The van der Waals surface area contributed by atoms with Gasteiger partial charge in [-0.1, -0.05) is 0 Å². The lowest BCUT2D eigenvalue weighted by Gasteiger charge is -1.87. The van der Waals surface area contributed by atoms with E-state index in [-0.39, 0.29) is 5.56 Å². The Bertz CT molecular complexity index is 441. The molecule has 0 aromatic carbocycles. The van der Waals surface area contributed by atoms with Crippen molar-refractivity contribution in [1.29, 1.82) is 0 Å². The van der Waals surface area contributed by atoms with E-state index in [0.29, 0.717) is 11.2 Å². The molecular weight excluding hydrogens is 144 g/mol. The molecule has 2 aromatic rings. The van der Waals surface area contributed by atoms with Gasteiger partial charge >= 0.3 is 0 Å². The molecule has 2 rings (SSSR count). The third-order valence-corrected chi connectivity index (χ3v) is 1.43. The minimum absolute atomic E-state index is 0.184. The molecular formula is C6H6N4O. The number of anilines is 1. The highest BCUT2D eigenvalue weighted by Gasteiger charge is 1.98. The zero-order chi connectivity index (χ0) is 7.84. The molecule has 2 aromatic heterocycles. The molecule has 0 saturated heterocycles. The third-order valence-electron chi connectivity index (χ3n) is 1.43. The molecule has 0 radical (unpaired) electrons. The topological polar surface area (TPSA) is 76.2 Å². The standard InChI is InChI=1S/C6H6N4O/c7-4-1-5-6(11)8-3-9-10(5)2-4/h1-3H,7H2,(H,8,9,11). The Morgan fingerprint density at radius 1 is 1.64 bits per heavy atom. The van der Waals surface area contributed by atoms with Gasteiger partial charge in [-0.25, -0.2) is 4.52 Å². The molecule has 0 aliphatic rings. The lowest BCUT2D eigenvalue weighted by atomic mass is 10.5. The number of aromatic nitrogens is 3. The van der Waals surface area contributed by atoms with E-state index in [1.54, 1.807) is 12.3 Å². The molecule has 0 fully saturated rings. The average Bonchev–Trinajstić information content (AvgIpc) is 2.31. The second-order valence-electron chi connectivity index (χ2n) is 2.22. The van der Waals surface area contributed by atoms with Gasteiger partial charge in [0.05, 0.1) is 11.9 Å². The van der Waals surface area contributed by atoms with Gasteiger partial charge in [-0.3, -0.25) is 4.79 Å². The van der Waals surface area contributed by atoms with E-state index in [0.717, 1.165) is 0 Å². The van der Waals surface area contributed by atoms with E-state index in [9.17, 15) is 4.79 Å². The number of nitrogen functional groups attached to an aromatic ring is 1. The van der Waals surface area contributed by atoms with Gasteiger partial charge in [0.15, 0.2) is 0 Å². The van der Waals surface area contributed by atoms with Crippen LogP contribution in [0.3, 0.4) is 0 Å². The molecule has 0 spiro atoms. The van der Waals surface area contributed by atoms with Crippen molar-refractivity contribution < 1.29 is 0 Å². The molecule has 0 atom stereocenters. The number of rotatable bonds is 0. The minimum atomic E-state index is -0.184. The van der Waals surface area contributed by atoms with Gasteiger partial charge in [-0.2, -0.15) is 5.10 Å². The first-order valence-electron chi connectivity index (χ1n) is 3.09. The Hall–Kier alpha value is -1.78. The molecule has 5 nitrogen and oxygen atoms in total.